The van der Waals surface area contributed by atoms with Gasteiger partial charge in [0, 0.05) is 17.1 Å². The quantitative estimate of drug-likeness (QED) is 0.708. The van der Waals surface area contributed by atoms with Crippen molar-refractivity contribution in [2.24, 2.45) is 0 Å². The predicted octanol–water partition coefficient (Wildman–Crippen LogP) is 3.75. The Morgan fingerprint density at radius 1 is 0.947 bits per heavy atom. The summed E-state index contributed by atoms with van der Waals surface area (Å²) in [4.78, 5) is 4.36. The highest BCUT2D eigenvalue weighted by molar-refractivity contribution is 5.82. The highest BCUT2D eigenvalue weighted by Gasteiger charge is 2.02. The molecule has 3 rings (SSSR count). The number of ether oxygens (including phenoxy) is 1. The van der Waals surface area contributed by atoms with Gasteiger partial charge in [0.2, 0.25) is 5.88 Å². The molecule has 0 amide bonds. The number of nitrogen functional groups attached to an aromatic ring is 1. The van der Waals surface area contributed by atoms with E-state index >= 15 is 0 Å². The Hall–Kier alpha value is -2.62. The third kappa shape index (κ3) is 2.47. The number of hydrogen-bond donors (Lipinski definition) is 1. The fraction of sp³-hybridized carbons (Fsp3) is 0. The van der Waals surface area contributed by atoms with Crippen molar-refractivity contribution in [2.45, 2.75) is 0 Å². The molecule has 2 N–H and O–H groups in total. The molecule has 0 atom stereocenters. The van der Waals surface area contributed by atoms with Gasteiger partial charge in [-0.05, 0) is 48.5 Å². The molecule has 0 aliphatic carbocycles. The second kappa shape index (κ2) is 4.57. The molecule has 0 aliphatic rings. The second-order valence-electron chi connectivity index (χ2n) is 4.16. The molecule has 1 aromatic heterocycles. The van der Waals surface area contributed by atoms with E-state index in [2.05, 4.69) is 4.98 Å². The van der Waals surface area contributed by atoms with Crippen LogP contribution in [0.5, 0.6) is 11.6 Å². The molecule has 3 aromatic rings. The van der Waals surface area contributed by atoms with Crippen molar-refractivity contribution in [3.05, 3.63) is 60.4 Å². The van der Waals surface area contributed by atoms with Crippen molar-refractivity contribution in [1.29, 1.82) is 0 Å². The van der Waals surface area contributed by atoms with Crippen LogP contribution in [0.2, 0.25) is 0 Å². The largest absolute Gasteiger partial charge is 0.439 e. The molecular weight excluding hydrogens is 243 g/mol. The summed E-state index contributed by atoms with van der Waals surface area (Å²) in [7, 11) is 0. The third-order valence-electron chi connectivity index (χ3n) is 2.72. The van der Waals surface area contributed by atoms with Gasteiger partial charge in [0.25, 0.3) is 0 Å². The fourth-order valence-electron chi connectivity index (χ4n) is 1.81. The number of pyridine rings is 1. The lowest BCUT2D eigenvalue weighted by molar-refractivity contribution is 0.463. The summed E-state index contributed by atoms with van der Waals surface area (Å²) in [5, 5.41) is 0.950. The number of anilines is 1. The first-order chi connectivity index (χ1) is 9.20. The van der Waals surface area contributed by atoms with Crippen molar-refractivity contribution in [1.82, 2.24) is 4.98 Å². The van der Waals surface area contributed by atoms with Gasteiger partial charge < -0.3 is 10.5 Å². The van der Waals surface area contributed by atoms with E-state index in [1.165, 1.54) is 12.1 Å². The van der Waals surface area contributed by atoms with E-state index in [0.717, 1.165) is 10.9 Å². The fourth-order valence-corrected chi connectivity index (χ4v) is 1.81. The Bertz CT molecular complexity index is 726. The maximum Gasteiger partial charge on any atom is 0.219 e. The summed E-state index contributed by atoms with van der Waals surface area (Å²) < 4.78 is 18.4. The van der Waals surface area contributed by atoms with Crippen LogP contribution in [0.3, 0.4) is 0 Å². The van der Waals surface area contributed by atoms with Crippen LogP contribution < -0.4 is 10.5 Å². The van der Waals surface area contributed by atoms with E-state index in [-0.39, 0.29) is 5.82 Å². The Morgan fingerprint density at radius 3 is 2.53 bits per heavy atom. The van der Waals surface area contributed by atoms with Gasteiger partial charge in [-0.1, -0.05) is 0 Å². The summed E-state index contributed by atoms with van der Waals surface area (Å²) >= 11 is 0. The summed E-state index contributed by atoms with van der Waals surface area (Å²) in [6.07, 6.45) is 0. The highest BCUT2D eigenvalue weighted by atomic mass is 19.1. The zero-order chi connectivity index (χ0) is 13.2. The van der Waals surface area contributed by atoms with Gasteiger partial charge in [-0.25, -0.2) is 9.37 Å². The standard InChI is InChI=1S/C15H11FN2O/c16-11-2-5-13(6-3-11)19-15-8-1-10-9-12(17)4-7-14(10)18-15/h1-9H,17H2. The van der Waals surface area contributed by atoms with Crippen molar-refractivity contribution in [3.63, 3.8) is 0 Å². The van der Waals surface area contributed by atoms with Crippen molar-refractivity contribution in [2.75, 3.05) is 5.73 Å². The number of hydrogen-bond acceptors (Lipinski definition) is 3. The van der Waals surface area contributed by atoms with Crippen LogP contribution in [0.1, 0.15) is 0 Å². The highest BCUT2D eigenvalue weighted by Crippen LogP contribution is 2.23. The molecule has 0 bridgehead atoms. The molecule has 0 radical (unpaired) electrons. The second-order valence-corrected chi connectivity index (χ2v) is 4.16. The molecule has 0 unspecified atom stereocenters. The van der Waals surface area contributed by atoms with Gasteiger partial charge in [-0.15, -0.1) is 0 Å². The summed E-state index contributed by atoms with van der Waals surface area (Å²) in [5.74, 6) is 0.710. The number of halogens is 1. The minimum Gasteiger partial charge on any atom is -0.439 e. The van der Waals surface area contributed by atoms with E-state index < -0.39 is 0 Å². The molecule has 1 heterocycles. The molecule has 0 spiro atoms. The normalized spacial score (nSPS) is 10.6. The van der Waals surface area contributed by atoms with Crippen LogP contribution in [0, 0.1) is 5.82 Å². The minimum absolute atomic E-state index is 0.297. The van der Waals surface area contributed by atoms with Gasteiger partial charge in [0.15, 0.2) is 0 Å². The van der Waals surface area contributed by atoms with Crippen LogP contribution in [0.25, 0.3) is 10.9 Å². The lowest BCUT2D eigenvalue weighted by Gasteiger charge is -2.06. The summed E-state index contributed by atoms with van der Waals surface area (Å²) in [6.45, 7) is 0. The van der Waals surface area contributed by atoms with Crippen LogP contribution in [-0.4, -0.2) is 4.98 Å². The first-order valence-corrected chi connectivity index (χ1v) is 5.80. The van der Waals surface area contributed by atoms with Crippen LogP contribution >= 0.6 is 0 Å². The number of nitrogens with two attached hydrogens (primary N) is 1. The Labute approximate surface area is 109 Å². The number of rotatable bonds is 2. The van der Waals surface area contributed by atoms with Gasteiger partial charge >= 0.3 is 0 Å². The van der Waals surface area contributed by atoms with E-state index in [0.29, 0.717) is 17.3 Å². The maximum absolute atomic E-state index is 12.8. The zero-order valence-electron chi connectivity index (χ0n) is 10.0. The van der Waals surface area contributed by atoms with Crippen molar-refractivity contribution < 1.29 is 9.13 Å². The Balaban J connectivity index is 1.93. The molecule has 2 aromatic carbocycles. The van der Waals surface area contributed by atoms with Gasteiger partial charge in [-0.3, -0.25) is 0 Å². The molecule has 4 heteroatoms. The lowest BCUT2D eigenvalue weighted by atomic mass is 10.2. The third-order valence-corrected chi connectivity index (χ3v) is 2.72. The van der Waals surface area contributed by atoms with Gasteiger partial charge in [0.05, 0.1) is 5.52 Å². The van der Waals surface area contributed by atoms with E-state index in [9.17, 15) is 4.39 Å². The van der Waals surface area contributed by atoms with Crippen LogP contribution in [0.15, 0.2) is 54.6 Å². The number of fused-ring (bicyclic) bond motifs is 1. The molecule has 0 saturated heterocycles. The molecule has 19 heavy (non-hydrogen) atoms. The minimum atomic E-state index is -0.297. The van der Waals surface area contributed by atoms with Gasteiger partial charge in [0.1, 0.15) is 11.6 Å². The maximum atomic E-state index is 12.8. The SMILES string of the molecule is Nc1ccc2nc(Oc3ccc(F)cc3)ccc2c1. The Kier molecular flexibility index (Phi) is 2.76. The van der Waals surface area contributed by atoms with Crippen LogP contribution in [0.4, 0.5) is 10.1 Å². The van der Waals surface area contributed by atoms with E-state index in [4.69, 9.17) is 10.5 Å². The molecule has 0 fully saturated rings. The first-order valence-electron chi connectivity index (χ1n) is 5.80. The smallest absolute Gasteiger partial charge is 0.219 e. The first kappa shape index (κ1) is 11.5. The number of aromatic nitrogens is 1. The van der Waals surface area contributed by atoms with E-state index in [1.807, 2.05) is 18.2 Å². The zero-order valence-corrected chi connectivity index (χ0v) is 10.0. The number of nitrogens with zero attached hydrogens (tertiary/aromatic N) is 1. The Morgan fingerprint density at radius 2 is 1.74 bits per heavy atom. The topological polar surface area (TPSA) is 48.1 Å². The van der Waals surface area contributed by atoms with Crippen molar-refractivity contribution >= 4 is 16.6 Å². The molecule has 0 aliphatic heterocycles. The summed E-state index contributed by atoms with van der Waals surface area (Å²) in [5.41, 5.74) is 7.20. The van der Waals surface area contributed by atoms with E-state index in [1.54, 1.807) is 24.3 Å². The average molecular weight is 254 g/mol. The average Bonchev–Trinajstić information content (AvgIpc) is 2.42. The lowest BCUT2D eigenvalue weighted by Crippen LogP contribution is -1.90. The molecular formula is C15H11FN2O. The predicted molar refractivity (Wildman–Crippen MR) is 72.6 cm³/mol. The summed E-state index contributed by atoms with van der Waals surface area (Å²) in [6, 6.07) is 14.9. The monoisotopic (exact) mass is 254 g/mol. The van der Waals surface area contributed by atoms with Crippen molar-refractivity contribution in [3.8, 4) is 11.6 Å². The van der Waals surface area contributed by atoms with Gasteiger partial charge in [-0.2, -0.15) is 0 Å². The molecule has 0 saturated carbocycles. The number of benzene rings is 2. The van der Waals surface area contributed by atoms with Crippen LogP contribution in [-0.2, 0) is 0 Å². The molecule has 94 valence electrons. The molecule has 3 nitrogen and oxygen atoms in total.